The van der Waals surface area contributed by atoms with Crippen molar-refractivity contribution >= 4 is 11.6 Å². The van der Waals surface area contributed by atoms with Crippen LogP contribution in [-0.4, -0.2) is 37.9 Å². The summed E-state index contributed by atoms with van der Waals surface area (Å²) in [7, 11) is 2.02. The summed E-state index contributed by atoms with van der Waals surface area (Å²) in [5.74, 6) is 1.46. The van der Waals surface area contributed by atoms with E-state index in [0.717, 1.165) is 18.8 Å². The molecule has 1 unspecified atom stereocenters. The number of benzene rings is 1. The Morgan fingerprint density at radius 1 is 1.33 bits per heavy atom. The second kappa shape index (κ2) is 6.86. The minimum absolute atomic E-state index is 0.271. The van der Waals surface area contributed by atoms with Crippen molar-refractivity contribution in [3.05, 3.63) is 22.7 Å². The van der Waals surface area contributed by atoms with Crippen molar-refractivity contribution in [2.45, 2.75) is 38.3 Å². The number of nitrogens with zero attached hydrogens (tertiary/aromatic N) is 1. The zero-order valence-electron chi connectivity index (χ0n) is 12.5. The maximum Gasteiger partial charge on any atom is 0.231 e. The minimum Gasteiger partial charge on any atom is -0.454 e. The maximum absolute atomic E-state index is 6.28. The highest BCUT2D eigenvalue weighted by Crippen LogP contribution is 2.40. The van der Waals surface area contributed by atoms with Gasteiger partial charge in [-0.1, -0.05) is 18.0 Å². The number of nitrogens with one attached hydrogen (secondary N) is 1. The van der Waals surface area contributed by atoms with Gasteiger partial charge in [0, 0.05) is 12.6 Å². The average Bonchev–Trinajstić information content (AvgIpc) is 2.95. The van der Waals surface area contributed by atoms with Gasteiger partial charge in [0.05, 0.1) is 5.02 Å². The van der Waals surface area contributed by atoms with E-state index in [-0.39, 0.29) is 6.79 Å². The number of fused-ring (bicyclic) bond motifs is 1. The molecule has 2 aliphatic rings. The van der Waals surface area contributed by atoms with Gasteiger partial charge in [0.1, 0.15) is 0 Å². The molecule has 2 heterocycles. The fourth-order valence-electron chi connectivity index (χ4n) is 3.25. The van der Waals surface area contributed by atoms with Gasteiger partial charge in [0.15, 0.2) is 11.5 Å². The normalized spacial score (nSPS) is 21.7. The van der Waals surface area contributed by atoms with Crippen LogP contribution in [0.4, 0.5) is 0 Å². The summed E-state index contributed by atoms with van der Waals surface area (Å²) in [4.78, 5) is 2.58. The molecule has 0 bridgehead atoms. The third-order valence-corrected chi connectivity index (χ3v) is 4.63. The Morgan fingerprint density at radius 2 is 2.24 bits per heavy atom. The van der Waals surface area contributed by atoms with Crippen LogP contribution in [0.2, 0.25) is 5.02 Å². The topological polar surface area (TPSA) is 33.7 Å². The van der Waals surface area contributed by atoms with Crippen LogP contribution in [0.5, 0.6) is 11.5 Å². The van der Waals surface area contributed by atoms with Gasteiger partial charge in [0.2, 0.25) is 6.79 Å². The van der Waals surface area contributed by atoms with E-state index in [9.17, 15) is 0 Å². The highest BCUT2D eigenvalue weighted by molar-refractivity contribution is 6.32. The highest BCUT2D eigenvalue weighted by Gasteiger charge is 2.24. The molecule has 1 N–H and O–H groups in total. The van der Waals surface area contributed by atoms with E-state index in [1.165, 1.54) is 37.8 Å². The Morgan fingerprint density at radius 3 is 3.10 bits per heavy atom. The molecule has 4 nitrogen and oxygen atoms in total. The van der Waals surface area contributed by atoms with Crippen LogP contribution >= 0.6 is 11.6 Å². The van der Waals surface area contributed by atoms with Crippen LogP contribution < -0.4 is 14.8 Å². The van der Waals surface area contributed by atoms with Gasteiger partial charge in [-0.05, 0) is 57.1 Å². The zero-order valence-corrected chi connectivity index (χ0v) is 13.3. The summed E-state index contributed by atoms with van der Waals surface area (Å²) in [6.45, 7) is 3.45. The number of piperidine rings is 1. The van der Waals surface area contributed by atoms with Gasteiger partial charge in [-0.3, -0.25) is 4.90 Å². The summed E-state index contributed by atoms with van der Waals surface area (Å²) in [5, 5.41) is 3.91. The first kappa shape index (κ1) is 14.9. The largest absolute Gasteiger partial charge is 0.454 e. The predicted octanol–water partition coefficient (Wildman–Crippen LogP) is 3.03. The Bertz CT molecular complexity index is 495. The van der Waals surface area contributed by atoms with Gasteiger partial charge < -0.3 is 14.8 Å². The lowest BCUT2D eigenvalue weighted by molar-refractivity contribution is 0.132. The van der Waals surface area contributed by atoms with E-state index in [2.05, 4.69) is 16.3 Å². The molecule has 0 amide bonds. The lowest BCUT2D eigenvalue weighted by atomic mass is 9.98. The van der Waals surface area contributed by atoms with Crippen molar-refractivity contribution in [1.82, 2.24) is 10.2 Å². The van der Waals surface area contributed by atoms with Crippen LogP contribution in [0.25, 0.3) is 0 Å². The molecule has 1 atom stereocenters. The standard InChI is InChI=1S/C16H23ClN2O2/c1-18-6-5-13-4-2-3-7-19(13)10-12-8-14(17)16-15(9-12)20-11-21-16/h8-9,13,18H,2-7,10-11H2,1H3. The molecule has 0 aliphatic carbocycles. The van der Waals surface area contributed by atoms with Gasteiger partial charge in [-0.2, -0.15) is 0 Å². The van der Waals surface area contributed by atoms with Crippen LogP contribution in [0.1, 0.15) is 31.2 Å². The average molecular weight is 311 g/mol. The first-order chi connectivity index (χ1) is 10.3. The second-order valence-electron chi connectivity index (χ2n) is 5.82. The first-order valence-electron chi connectivity index (χ1n) is 7.74. The second-order valence-corrected chi connectivity index (χ2v) is 6.23. The van der Waals surface area contributed by atoms with Crippen molar-refractivity contribution in [3.8, 4) is 11.5 Å². The van der Waals surface area contributed by atoms with Crippen molar-refractivity contribution in [2.75, 3.05) is 26.9 Å². The van der Waals surface area contributed by atoms with E-state index in [1.54, 1.807) is 0 Å². The molecule has 1 fully saturated rings. The molecule has 1 aromatic carbocycles. The number of ether oxygens (including phenoxy) is 2. The Balaban J connectivity index is 1.71. The van der Waals surface area contributed by atoms with Crippen LogP contribution in [-0.2, 0) is 6.54 Å². The molecular formula is C16H23ClN2O2. The predicted molar refractivity (Wildman–Crippen MR) is 84.2 cm³/mol. The monoisotopic (exact) mass is 310 g/mol. The summed E-state index contributed by atoms with van der Waals surface area (Å²) in [5.41, 5.74) is 1.21. The van der Waals surface area contributed by atoms with E-state index in [1.807, 2.05) is 13.1 Å². The third-order valence-electron chi connectivity index (χ3n) is 4.35. The first-order valence-corrected chi connectivity index (χ1v) is 8.12. The fourth-order valence-corrected chi connectivity index (χ4v) is 3.54. The minimum atomic E-state index is 0.271. The maximum atomic E-state index is 6.28. The molecule has 0 saturated carbocycles. The molecule has 0 radical (unpaired) electrons. The number of hydrogen-bond donors (Lipinski definition) is 1. The molecule has 5 heteroatoms. The van der Waals surface area contributed by atoms with E-state index < -0.39 is 0 Å². The van der Waals surface area contributed by atoms with Gasteiger partial charge >= 0.3 is 0 Å². The van der Waals surface area contributed by atoms with Gasteiger partial charge in [0.25, 0.3) is 0 Å². The Hall–Kier alpha value is -0.970. The highest BCUT2D eigenvalue weighted by atomic mass is 35.5. The van der Waals surface area contributed by atoms with Crippen molar-refractivity contribution < 1.29 is 9.47 Å². The van der Waals surface area contributed by atoms with Gasteiger partial charge in [-0.25, -0.2) is 0 Å². The quantitative estimate of drug-likeness (QED) is 0.906. The molecule has 116 valence electrons. The summed E-state index contributed by atoms with van der Waals surface area (Å²) in [6, 6.07) is 4.74. The van der Waals surface area contributed by atoms with Crippen LogP contribution in [0.3, 0.4) is 0 Å². The van der Waals surface area contributed by atoms with Crippen LogP contribution in [0, 0.1) is 0 Å². The van der Waals surface area contributed by atoms with E-state index in [0.29, 0.717) is 16.8 Å². The number of rotatable bonds is 5. The van der Waals surface area contributed by atoms with Gasteiger partial charge in [-0.15, -0.1) is 0 Å². The van der Waals surface area contributed by atoms with E-state index >= 15 is 0 Å². The molecule has 2 aliphatic heterocycles. The molecule has 0 spiro atoms. The molecule has 3 rings (SSSR count). The van der Waals surface area contributed by atoms with Crippen molar-refractivity contribution in [2.24, 2.45) is 0 Å². The van der Waals surface area contributed by atoms with Crippen molar-refractivity contribution in [1.29, 1.82) is 0 Å². The number of hydrogen-bond acceptors (Lipinski definition) is 4. The summed E-state index contributed by atoms with van der Waals surface area (Å²) in [6.07, 6.45) is 5.12. The zero-order chi connectivity index (χ0) is 14.7. The van der Waals surface area contributed by atoms with E-state index in [4.69, 9.17) is 21.1 Å². The Labute approximate surface area is 131 Å². The number of likely N-dealkylation sites (tertiary alicyclic amines) is 1. The summed E-state index contributed by atoms with van der Waals surface area (Å²) >= 11 is 6.28. The van der Waals surface area contributed by atoms with Crippen molar-refractivity contribution in [3.63, 3.8) is 0 Å². The molecular weight excluding hydrogens is 288 g/mol. The molecule has 21 heavy (non-hydrogen) atoms. The number of halogens is 1. The molecule has 0 aromatic heterocycles. The lowest BCUT2D eigenvalue weighted by Crippen LogP contribution is -2.40. The lowest BCUT2D eigenvalue weighted by Gasteiger charge is -2.36. The Kier molecular flexibility index (Phi) is 4.88. The smallest absolute Gasteiger partial charge is 0.231 e. The molecule has 1 aromatic rings. The SMILES string of the molecule is CNCCC1CCCCN1Cc1cc(Cl)c2c(c1)OCO2. The summed E-state index contributed by atoms with van der Waals surface area (Å²) < 4.78 is 10.8. The van der Waals surface area contributed by atoms with Crippen LogP contribution in [0.15, 0.2) is 12.1 Å². The molecule has 1 saturated heterocycles. The fraction of sp³-hybridized carbons (Fsp3) is 0.625. The third kappa shape index (κ3) is 3.44.